The first-order chi connectivity index (χ1) is 9.29. The quantitative estimate of drug-likeness (QED) is 0.651. The minimum atomic E-state index is 0.162. The molecule has 2 nitrogen and oxygen atoms in total. The predicted octanol–water partition coefficient (Wildman–Crippen LogP) is 4.56. The van der Waals surface area contributed by atoms with Crippen LogP contribution in [0.3, 0.4) is 0 Å². The van der Waals surface area contributed by atoms with E-state index < -0.39 is 0 Å². The van der Waals surface area contributed by atoms with Gasteiger partial charge >= 0.3 is 0 Å². The van der Waals surface area contributed by atoms with Crippen molar-refractivity contribution in [3.05, 3.63) is 54.1 Å². The van der Waals surface area contributed by atoms with Crippen molar-refractivity contribution in [3.63, 3.8) is 0 Å². The van der Waals surface area contributed by atoms with Gasteiger partial charge in [0.1, 0.15) is 5.01 Å². The molecule has 0 bridgehead atoms. The third-order valence-electron chi connectivity index (χ3n) is 3.07. The number of benzene rings is 2. The second kappa shape index (κ2) is 4.94. The second-order valence-electron chi connectivity index (χ2n) is 4.31. The van der Waals surface area contributed by atoms with Crippen molar-refractivity contribution in [2.24, 2.45) is 0 Å². The fraction of sp³-hybridized carbons (Fsp3) is 0.125. The summed E-state index contributed by atoms with van der Waals surface area (Å²) in [5.41, 5.74) is 2.70. The molecule has 1 heterocycles. The lowest BCUT2D eigenvalue weighted by molar-refractivity contribution is 0.0989. The highest BCUT2D eigenvalue weighted by atomic mass is 32.1. The van der Waals surface area contributed by atoms with E-state index in [-0.39, 0.29) is 5.78 Å². The number of rotatable bonds is 3. The smallest absolute Gasteiger partial charge is 0.163 e. The van der Waals surface area contributed by atoms with E-state index >= 15 is 0 Å². The maximum atomic E-state index is 12.0. The van der Waals surface area contributed by atoms with Crippen LogP contribution in [0, 0.1) is 0 Å². The van der Waals surface area contributed by atoms with Gasteiger partial charge in [-0.05, 0) is 12.1 Å². The predicted molar refractivity (Wildman–Crippen MR) is 79.7 cm³/mol. The van der Waals surface area contributed by atoms with Crippen LogP contribution in [-0.2, 0) is 0 Å². The summed E-state index contributed by atoms with van der Waals surface area (Å²) in [6.45, 7) is 1.89. The number of carbonyl (C=O) groups excluding carboxylic acids is 1. The summed E-state index contributed by atoms with van der Waals surface area (Å²) in [5.74, 6) is 0.162. The molecule has 0 aliphatic heterocycles. The van der Waals surface area contributed by atoms with Crippen LogP contribution in [0.1, 0.15) is 23.7 Å². The molecule has 94 valence electrons. The van der Waals surface area contributed by atoms with E-state index in [0.29, 0.717) is 6.42 Å². The molecule has 0 radical (unpaired) electrons. The molecule has 0 spiro atoms. The van der Waals surface area contributed by atoms with Crippen LogP contribution < -0.4 is 0 Å². The van der Waals surface area contributed by atoms with Crippen molar-refractivity contribution in [2.75, 3.05) is 0 Å². The first-order valence-electron chi connectivity index (χ1n) is 6.27. The van der Waals surface area contributed by atoms with Crippen LogP contribution in [0.4, 0.5) is 0 Å². The number of nitrogens with zero attached hydrogens (tertiary/aromatic N) is 1. The van der Waals surface area contributed by atoms with Crippen molar-refractivity contribution in [1.29, 1.82) is 0 Å². The average Bonchev–Trinajstić information content (AvgIpc) is 2.90. The molecule has 0 atom stereocenters. The van der Waals surface area contributed by atoms with Crippen LogP contribution in [-0.4, -0.2) is 10.8 Å². The lowest BCUT2D eigenvalue weighted by Gasteiger charge is -2.04. The van der Waals surface area contributed by atoms with E-state index in [9.17, 15) is 4.79 Å². The number of thiazole rings is 1. The molecular formula is C16H13NOS. The number of fused-ring (bicyclic) bond motifs is 1. The summed E-state index contributed by atoms with van der Waals surface area (Å²) >= 11 is 1.63. The molecule has 0 fully saturated rings. The molecule has 3 heteroatoms. The summed E-state index contributed by atoms with van der Waals surface area (Å²) in [5, 5.41) is 0.915. The van der Waals surface area contributed by atoms with Crippen LogP contribution in [0.5, 0.6) is 0 Å². The van der Waals surface area contributed by atoms with Crippen molar-refractivity contribution in [2.45, 2.75) is 13.3 Å². The molecule has 0 saturated heterocycles. The monoisotopic (exact) mass is 267 g/mol. The standard InChI is InChI=1S/C16H13NOS/c1-2-14(18)11-7-3-4-8-12(11)16-17-13-9-5-6-10-15(13)19-16/h3-10H,2H2,1H3. The second-order valence-corrected chi connectivity index (χ2v) is 5.34. The molecule has 0 N–H and O–H groups in total. The Bertz CT molecular complexity index is 712. The van der Waals surface area contributed by atoms with Crippen molar-refractivity contribution >= 4 is 27.3 Å². The molecule has 0 aliphatic carbocycles. The van der Waals surface area contributed by atoms with Gasteiger partial charge in [-0.3, -0.25) is 4.79 Å². The van der Waals surface area contributed by atoms with Crippen LogP contribution in [0.25, 0.3) is 20.8 Å². The summed E-state index contributed by atoms with van der Waals surface area (Å²) < 4.78 is 1.15. The molecule has 19 heavy (non-hydrogen) atoms. The Balaban J connectivity index is 2.18. The molecule has 2 aromatic carbocycles. The van der Waals surface area contributed by atoms with Gasteiger partial charge in [-0.15, -0.1) is 11.3 Å². The molecule has 3 rings (SSSR count). The van der Waals surface area contributed by atoms with Crippen LogP contribution in [0.2, 0.25) is 0 Å². The number of para-hydroxylation sites is 1. The van der Waals surface area contributed by atoms with Crippen molar-refractivity contribution < 1.29 is 4.79 Å². The van der Waals surface area contributed by atoms with E-state index in [1.165, 1.54) is 0 Å². The first-order valence-corrected chi connectivity index (χ1v) is 7.09. The van der Waals surface area contributed by atoms with Crippen LogP contribution in [0.15, 0.2) is 48.5 Å². The van der Waals surface area contributed by atoms with E-state index in [1.54, 1.807) is 11.3 Å². The number of aromatic nitrogens is 1. The van der Waals surface area contributed by atoms with E-state index in [2.05, 4.69) is 11.1 Å². The largest absolute Gasteiger partial charge is 0.294 e. The molecular weight excluding hydrogens is 254 g/mol. The fourth-order valence-corrected chi connectivity index (χ4v) is 3.10. The Morgan fingerprint density at radius 1 is 1.11 bits per heavy atom. The van der Waals surface area contributed by atoms with Gasteiger partial charge in [0.25, 0.3) is 0 Å². The normalized spacial score (nSPS) is 10.8. The van der Waals surface area contributed by atoms with Gasteiger partial charge in [0, 0.05) is 17.5 Å². The van der Waals surface area contributed by atoms with Crippen molar-refractivity contribution in [3.8, 4) is 10.6 Å². The third-order valence-corrected chi connectivity index (χ3v) is 4.14. The Morgan fingerprint density at radius 3 is 2.63 bits per heavy atom. The highest BCUT2D eigenvalue weighted by molar-refractivity contribution is 7.21. The Labute approximate surface area is 115 Å². The van der Waals surface area contributed by atoms with Gasteiger partial charge in [0.05, 0.1) is 10.2 Å². The zero-order chi connectivity index (χ0) is 13.2. The number of ketones is 1. The SMILES string of the molecule is CCC(=O)c1ccccc1-c1nc2ccccc2s1. The number of Topliss-reactive ketones (excluding diaryl/α,β-unsaturated/α-hetero) is 1. The Kier molecular flexibility index (Phi) is 3.13. The Morgan fingerprint density at radius 2 is 1.84 bits per heavy atom. The number of carbonyl (C=O) groups is 1. The molecule has 0 saturated carbocycles. The highest BCUT2D eigenvalue weighted by Gasteiger charge is 2.13. The average molecular weight is 267 g/mol. The fourth-order valence-electron chi connectivity index (χ4n) is 2.09. The highest BCUT2D eigenvalue weighted by Crippen LogP contribution is 2.32. The zero-order valence-corrected chi connectivity index (χ0v) is 11.4. The molecule has 0 amide bonds. The van der Waals surface area contributed by atoms with Gasteiger partial charge in [0.2, 0.25) is 0 Å². The van der Waals surface area contributed by atoms with Gasteiger partial charge < -0.3 is 0 Å². The van der Waals surface area contributed by atoms with E-state index in [1.807, 2.05) is 49.4 Å². The lowest BCUT2D eigenvalue weighted by Crippen LogP contribution is -1.98. The summed E-state index contributed by atoms with van der Waals surface area (Å²) in [6, 6.07) is 15.8. The molecule has 3 aromatic rings. The summed E-state index contributed by atoms with van der Waals surface area (Å²) in [7, 11) is 0. The maximum Gasteiger partial charge on any atom is 0.163 e. The molecule has 0 unspecified atom stereocenters. The lowest BCUT2D eigenvalue weighted by atomic mass is 10.0. The summed E-state index contributed by atoms with van der Waals surface area (Å²) in [4.78, 5) is 16.6. The van der Waals surface area contributed by atoms with Crippen LogP contribution >= 0.6 is 11.3 Å². The zero-order valence-electron chi connectivity index (χ0n) is 10.6. The van der Waals surface area contributed by atoms with Crippen molar-refractivity contribution in [1.82, 2.24) is 4.98 Å². The Hall–Kier alpha value is -2.00. The number of hydrogen-bond donors (Lipinski definition) is 0. The molecule has 0 aliphatic rings. The van der Waals surface area contributed by atoms with Gasteiger partial charge in [-0.2, -0.15) is 0 Å². The summed E-state index contributed by atoms with van der Waals surface area (Å²) in [6.07, 6.45) is 0.516. The van der Waals surface area contributed by atoms with E-state index in [0.717, 1.165) is 26.4 Å². The molecule has 1 aromatic heterocycles. The van der Waals surface area contributed by atoms with Gasteiger partial charge in [0.15, 0.2) is 5.78 Å². The minimum absolute atomic E-state index is 0.162. The maximum absolute atomic E-state index is 12.0. The third kappa shape index (κ3) is 2.17. The van der Waals surface area contributed by atoms with Gasteiger partial charge in [-0.1, -0.05) is 43.3 Å². The first kappa shape index (κ1) is 12.1. The number of hydrogen-bond acceptors (Lipinski definition) is 3. The van der Waals surface area contributed by atoms with E-state index in [4.69, 9.17) is 0 Å². The topological polar surface area (TPSA) is 30.0 Å². The minimum Gasteiger partial charge on any atom is -0.294 e. The van der Waals surface area contributed by atoms with Gasteiger partial charge in [-0.25, -0.2) is 4.98 Å².